The Morgan fingerprint density at radius 1 is 1.30 bits per heavy atom. The van der Waals surface area contributed by atoms with Gasteiger partial charge in [0.2, 0.25) is 0 Å². The number of hydrogen-bond acceptors (Lipinski definition) is 7. The third-order valence-electron chi connectivity index (χ3n) is 4.21. The Kier molecular flexibility index (Phi) is 8.21. The summed E-state index contributed by atoms with van der Waals surface area (Å²) in [6, 6.07) is 7.11. The molecule has 1 aliphatic heterocycles. The van der Waals surface area contributed by atoms with E-state index in [2.05, 4.69) is 26.3 Å². The highest BCUT2D eigenvalue weighted by atomic mass is 32.2. The molecule has 1 aliphatic rings. The van der Waals surface area contributed by atoms with E-state index in [1.165, 1.54) is 19.6 Å². The van der Waals surface area contributed by atoms with E-state index in [-0.39, 0.29) is 23.7 Å². The maximum Gasteiger partial charge on any atom is 0.305 e. The van der Waals surface area contributed by atoms with E-state index in [9.17, 15) is 13.8 Å². The molecule has 160 valence electrons. The summed E-state index contributed by atoms with van der Waals surface area (Å²) in [5, 5.41) is 2.86. The number of nitrogens with two attached hydrogens (primary N) is 2. The Morgan fingerprint density at radius 2 is 2.07 bits per heavy atom. The predicted molar refractivity (Wildman–Crippen MR) is 117 cm³/mol. The number of nitrogens with zero attached hydrogens (tertiary/aromatic N) is 1. The van der Waals surface area contributed by atoms with Crippen LogP contribution in [-0.2, 0) is 24.1 Å². The monoisotopic (exact) mass is 430 g/mol. The van der Waals surface area contributed by atoms with Gasteiger partial charge in [0.25, 0.3) is 5.91 Å². The molecule has 0 aliphatic carbocycles. The van der Waals surface area contributed by atoms with Crippen LogP contribution in [-0.4, -0.2) is 41.4 Å². The molecule has 0 saturated heterocycles. The van der Waals surface area contributed by atoms with Crippen molar-refractivity contribution in [1.29, 1.82) is 0 Å². The van der Waals surface area contributed by atoms with E-state index in [1.807, 2.05) is 6.07 Å². The van der Waals surface area contributed by atoms with Gasteiger partial charge in [-0.1, -0.05) is 17.9 Å². The van der Waals surface area contributed by atoms with Gasteiger partial charge < -0.3 is 21.5 Å². The fourth-order valence-electron chi connectivity index (χ4n) is 2.58. The van der Waals surface area contributed by atoms with Crippen LogP contribution < -0.4 is 16.8 Å². The van der Waals surface area contributed by atoms with E-state index in [4.69, 9.17) is 11.5 Å². The molecular formula is C21H26N4O4S. The summed E-state index contributed by atoms with van der Waals surface area (Å²) in [6.07, 6.45) is 5.09. The van der Waals surface area contributed by atoms with Gasteiger partial charge in [0.1, 0.15) is 6.17 Å². The lowest BCUT2D eigenvalue weighted by molar-refractivity contribution is -0.140. The molecule has 0 fully saturated rings. The number of dihydropyridines is 1. The standard InChI is InChI=1S/C21H26N4O4S/c1-29-19(26)8-3-4-11-30(2,28)25-21(27)17-13-16(20(23)24-14-17)10-9-15-6-5-7-18(22)12-15/h5-7,12-14,20,24H,3-4,8,11,22-23H2,1-2H3. The number of esters is 1. The lowest BCUT2D eigenvalue weighted by atomic mass is 10.1. The van der Waals surface area contributed by atoms with Crippen LogP contribution in [0.15, 0.2) is 52.1 Å². The fraction of sp³-hybridized carbons (Fsp3) is 0.333. The minimum absolute atomic E-state index is 0.210. The number of hydrogen-bond donors (Lipinski definition) is 3. The molecule has 1 amide bonds. The normalized spacial score (nSPS) is 17.2. The first-order chi connectivity index (χ1) is 14.2. The van der Waals surface area contributed by atoms with Crippen molar-refractivity contribution in [2.45, 2.75) is 25.4 Å². The Hall–Kier alpha value is -3.09. The molecule has 2 atom stereocenters. The van der Waals surface area contributed by atoms with Crippen LogP contribution in [0.1, 0.15) is 24.8 Å². The molecule has 0 bridgehead atoms. The molecule has 0 radical (unpaired) electrons. The summed E-state index contributed by atoms with van der Waals surface area (Å²) in [6.45, 7) is 0. The van der Waals surface area contributed by atoms with Crippen LogP contribution in [0.25, 0.3) is 0 Å². The minimum Gasteiger partial charge on any atom is -0.469 e. The molecule has 0 aromatic heterocycles. The second-order valence-electron chi connectivity index (χ2n) is 6.81. The lowest BCUT2D eigenvalue weighted by Gasteiger charge is -2.17. The van der Waals surface area contributed by atoms with E-state index in [0.717, 1.165) is 5.56 Å². The Bertz CT molecular complexity index is 1060. The van der Waals surface area contributed by atoms with Gasteiger partial charge in [0, 0.05) is 41.5 Å². The predicted octanol–water partition coefficient (Wildman–Crippen LogP) is 1.29. The highest BCUT2D eigenvalue weighted by molar-refractivity contribution is 7.93. The van der Waals surface area contributed by atoms with Crippen molar-refractivity contribution < 1.29 is 18.5 Å². The number of amides is 1. The summed E-state index contributed by atoms with van der Waals surface area (Å²) >= 11 is 0. The topological polar surface area (TPSA) is 137 Å². The summed E-state index contributed by atoms with van der Waals surface area (Å²) < 4.78 is 21.0. The van der Waals surface area contributed by atoms with E-state index >= 15 is 0 Å². The zero-order valence-electron chi connectivity index (χ0n) is 17.0. The van der Waals surface area contributed by atoms with Crippen molar-refractivity contribution >= 4 is 27.3 Å². The van der Waals surface area contributed by atoms with Crippen LogP contribution in [0.2, 0.25) is 0 Å². The van der Waals surface area contributed by atoms with Gasteiger partial charge in [0.05, 0.1) is 22.4 Å². The first-order valence-corrected chi connectivity index (χ1v) is 11.4. The van der Waals surface area contributed by atoms with E-state index in [1.54, 1.807) is 24.3 Å². The average molecular weight is 431 g/mol. The van der Waals surface area contributed by atoms with Crippen LogP contribution in [0.4, 0.5) is 5.69 Å². The lowest BCUT2D eigenvalue weighted by Crippen LogP contribution is -2.38. The number of rotatable bonds is 6. The third-order valence-corrected chi connectivity index (χ3v) is 5.81. The summed E-state index contributed by atoms with van der Waals surface area (Å²) in [5.41, 5.74) is 13.8. The number of methoxy groups -OCH3 is 1. The van der Waals surface area contributed by atoms with Gasteiger partial charge in [-0.3, -0.25) is 9.59 Å². The molecule has 1 aromatic carbocycles. The highest BCUT2D eigenvalue weighted by Gasteiger charge is 2.17. The first kappa shape index (κ1) is 23.2. The number of unbranched alkanes of at least 4 members (excludes halogenated alkanes) is 1. The quantitative estimate of drug-likeness (QED) is 0.268. The summed E-state index contributed by atoms with van der Waals surface area (Å²) in [4.78, 5) is 23.6. The molecule has 9 heteroatoms. The summed E-state index contributed by atoms with van der Waals surface area (Å²) in [7, 11) is -1.41. The van der Waals surface area contributed by atoms with Gasteiger partial charge in [-0.25, -0.2) is 4.21 Å². The van der Waals surface area contributed by atoms with Crippen molar-refractivity contribution in [2.24, 2.45) is 10.1 Å². The number of nitrogens with one attached hydrogen (secondary N) is 1. The zero-order chi connectivity index (χ0) is 22.1. The number of ether oxygens (including phenoxy) is 1. The van der Waals surface area contributed by atoms with Crippen LogP contribution >= 0.6 is 0 Å². The average Bonchev–Trinajstić information content (AvgIpc) is 2.70. The Morgan fingerprint density at radius 3 is 2.77 bits per heavy atom. The Balaban J connectivity index is 2.09. The van der Waals surface area contributed by atoms with Gasteiger partial charge in [0.15, 0.2) is 0 Å². The SMILES string of the molecule is COC(=O)CCCCS(C)(=O)=NC(=O)C1=CNC(N)C(C#Cc2cccc(N)c2)=C1. The molecular weight excluding hydrogens is 404 g/mol. The maximum atomic E-state index is 12.6. The highest BCUT2D eigenvalue weighted by Crippen LogP contribution is 2.13. The second-order valence-corrected chi connectivity index (χ2v) is 9.32. The van der Waals surface area contributed by atoms with Crippen molar-refractivity contribution in [2.75, 3.05) is 24.9 Å². The number of anilines is 1. The third kappa shape index (κ3) is 7.39. The van der Waals surface area contributed by atoms with Crippen LogP contribution in [0, 0.1) is 11.8 Å². The van der Waals surface area contributed by atoms with Crippen LogP contribution in [0.5, 0.6) is 0 Å². The number of carbonyl (C=O) groups is 2. The molecule has 0 spiro atoms. The molecule has 2 unspecified atom stereocenters. The number of benzene rings is 1. The number of nitrogen functional groups attached to an aromatic ring is 1. The van der Waals surface area contributed by atoms with E-state index < -0.39 is 21.8 Å². The van der Waals surface area contributed by atoms with Gasteiger partial charge in [-0.2, -0.15) is 4.36 Å². The van der Waals surface area contributed by atoms with Gasteiger partial charge in [-0.05, 0) is 37.1 Å². The minimum atomic E-state index is -2.73. The summed E-state index contributed by atoms with van der Waals surface area (Å²) in [5.74, 6) is 5.17. The van der Waals surface area contributed by atoms with Gasteiger partial charge in [-0.15, -0.1) is 0 Å². The second kappa shape index (κ2) is 10.6. The molecule has 8 nitrogen and oxygen atoms in total. The smallest absolute Gasteiger partial charge is 0.305 e. The molecule has 2 rings (SSSR count). The van der Waals surface area contributed by atoms with Crippen molar-refractivity contribution in [3.8, 4) is 11.8 Å². The van der Waals surface area contributed by atoms with Crippen molar-refractivity contribution in [3.63, 3.8) is 0 Å². The zero-order valence-corrected chi connectivity index (χ0v) is 17.8. The van der Waals surface area contributed by atoms with Crippen LogP contribution in [0.3, 0.4) is 0 Å². The molecule has 5 N–H and O–H groups in total. The Labute approximate surface area is 176 Å². The first-order valence-electron chi connectivity index (χ1n) is 9.32. The van der Waals surface area contributed by atoms with Gasteiger partial charge >= 0.3 is 5.97 Å². The molecule has 1 aromatic rings. The largest absolute Gasteiger partial charge is 0.469 e. The maximum absolute atomic E-state index is 12.6. The number of carbonyl (C=O) groups excluding carboxylic acids is 2. The van der Waals surface area contributed by atoms with E-state index in [0.29, 0.717) is 24.1 Å². The molecule has 30 heavy (non-hydrogen) atoms. The molecule has 0 saturated carbocycles. The molecule has 1 heterocycles. The van der Waals surface area contributed by atoms with Crippen molar-refractivity contribution in [1.82, 2.24) is 5.32 Å². The fourth-order valence-corrected chi connectivity index (χ4v) is 3.87. The van der Waals surface area contributed by atoms with Crippen molar-refractivity contribution in [3.05, 3.63) is 53.3 Å².